The molecular weight excluding hydrogens is 198 g/mol. The maximum Gasteiger partial charge on any atom is 0.217 e. The predicted molar refractivity (Wildman–Crippen MR) is 56.2 cm³/mol. The van der Waals surface area contributed by atoms with Crippen molar-refractivity contribution in [3.63, 3.8) is 0 Å². The Morgan fingerprint density at radius 3 is 3.00 bits per heavy atom. The molecule has 0 aromatic rings. The molecule has 78 valence electrons. The predicted octanol–water partition coefficient (Wildman–Crippen LogP) is 0.976. The average molecular weight is 213 g/mol. The first kappa shape index (κ1) is 10.0. The Morgan fingerprint density at radius 2 is 2.29 bits per heavy atom. The van der Waals surface area contributed by atoms with Crippen molar-refractivity contribution in [2.45, 2.75) is 37.5 Å². The highest BCUT2D eigenvalue weighted by atomic mass is 32.2. The zero-order valence-corrected chi connectivity index (χ0v) is 9.10. The summed E-state index contributed by atoms with van der Waals surface area (Å²) in [6.07, 6.45) is 3.23. The van der Waals surface area contributed by atoms with E-state index in [0.29, 0.717) is 16.8 Å². The number of hydrogen-bond acceptors (Lipinski definition) is 3. The molecule has 0 unspecified atom stereocenters. The summed E-state index contributed by atoms with van der Waals surface area (Å²) in [5, 5.41) is 3.38. The Balaban J connectivity index is 2.08. The van der Waals surface area contributed by atoms with Gasteiger partial charge in [0.15, 0.2) is 0 Å². The lowest BCUT2D eigenvalue weighted by molar-refractivity contribution is -0.123. The van der Waals surface area contributed by atoms with Crippen LogP contribution in [-0.2, 0) is 9.59 Å². The maximum atomic E-state index is 11.6. The van der Waals surface area contributed by atoms with E-state index in [-0.39, 0.29) is 17.9 Å². The van der Waals surface area contributed by atoms with E-state index < -0.39 is 0 Å². The van der Waals surface area contributed by atoms with Crippen LogP contribution in [0.15, 0.2) is 0 Å². The number of ketones is 1. The molecule has 3 nitrogen and oxygen atoms in total. The molecule has 1 amide bonds. The van der Waals surface area contributed by atoms with Crippen LogP contribution in [0.25, 0.3) is 0 Å². The zero-order valence-electron chi connectivity index (χ0n) is 8.29. The number of fused-ring (bicyclic) bond motifs is 1. The lowest BCUT2D eigenvalue weighted by Crippen LogP contribution is -2.46. The van der Waals surface area contributed by atoms with E-state index in [0.717, 1.165) is 19.3 Å². The number of nitrogens with one attached hydrogen (secondary N) is 1. The Kier molecular flexibility index (Phi) is 2.81. The van der Waals surface area contributed by atoms with Crippen molar-refractivity contribution in [2.24, 2.45) is 5.92 Å². The van der Waals surface area contributed by atoms with Crippen molar-refractivity contribution in [3.8, 4) is 0 Å². The van der Waals surface area contributed by atoms with E-state index in [1.54, 1.807) is 11.8 Å². The van der Waals surface area contributed by atoms with Gasteiger partial charge in [0.05, 0.1) is 11.7 Å². The minimum atomic E-state index is -0.0136. The quantitative estimate of drug-likeness (QED) is 0.706. The molecule has 1 saturated carbocycles. The molecule has 2 fully saturated rings. The molecule has 3 atom stereocenters. The molecule has 0 bridgehead atoms. The van der Waals surface area contributed by atoms with Gasteiger partial charge in [-0.1, -0.05) is 6.42 Å². The summed E-state index contributed by atoms with van der Waals surface area (Å²) < 4.78 is 0. The largest absolute Gasteiger partial charge is 0.353 e. The van der Waals surface area contributed by atoms with Gasteiger partial charge in [0.25, 0.3) is 0 Å². The van der Waals surface area contributed by atoms with Crippen LogP contribution < -0.4 is 5.32 Å². The van der Waals surface area contributed by atoms with Crippen LogP contribution in [0.5, 0.6) is 0 Å². The summed E-state index contributed by atoms with van der Waals surface area (Å²) in [5.74, 6) is 1.06. The second kappa shape index (κ2) is 3.93. The van der Waals surface area contributed by atoms with E-state index in [1.165, 1.54) is 6.92 Å². The minimum absolute atomic E-state index is 0.0136. The number of carbonyl (C=O) groups excluding carboxylic acids is 2. The topological polar surface area (TPSA) is 46.2 Å². The molecule has 1 heterocycles. The lowest BCUT2D eigenvalue weighted by atomic mass is 9.82. The molecule has 2 aliphatic rings. The van der Waals surface area contributed by atoms with Gasteiger partial charge in [-0.2, -0.15) is 0 Å². The molecule has 0 aromatic heterocycles. The summed E-state index contributed by atoms with van der Waals surface area (Å²) in [6.45, 7) is 1.52. The Labute approximate surface area is 88.0 Å². The monoisotopic (exact) mass is 213 g/mol. The fourth-order valence-corrected chi connectivity index (χ4v) is 3.94. The normalized spacial score (nSPS) is 36.6. The van der Waals surface area contributed by atoms with Crippen molar-refractivity contribution < 1.29 is 9.59 Å². The van der Waals surface area contributed by atoms with Crippen molar-refractivity contribution in [3.05, 3.63) is 0 Å². The molecular formula is C10H15NO2S. The third-order valence-electron chi connectivity index (χ3n) is 3.04. The van der Waals surface area contributed by atoms with E-state index in [2.05, 4.69) is 5.32 Å². The minimum Gasteiger partial charge on any atom is -0.353 e. The Morgan fingerprint density at radius 1 is 1.50 bits per heavy atom. The van der Waals surface area contributed by atoms with Gasteiger partial charge >= 0.3 is 0 Å². The van der Waals surface area contributed by atoms with Crippen LogP contribution in [0.2, 0.25) is 0 Å². The smallest absolute Gasteiger partial charge is 0.217 e. The molecule has 14 heavy (non-hydrogen) atoms. The molecule has 4 heteroatoms. The summed E-state index contributed by atoms with van der Waals surface area (Å²) in [5.41, 5.74) is 0. The molecule has 0 radical (unpaired) electrons. The van der Waals surface area contributed by atoms with Gasteiger partial charge in [-0.15, -0.1) is 11.8 Å². The van der Waals surface area contributed by atoms with Gasteiger partial charge in [-0.05, 0) is 12.8 Å². The van der Waals surface area contributed by atoms with Crippen LogP contribution in [0.3, 0.4) is 0 Å². The standard InChI is InChI=1S/C10H15NO2S/c1-6(12)11-7-3-2-4-9-10(7)8(13)5-14-9/h7,9-10H,2-5H2,1H3,(H,11,12)/t7-,9+,10+/m0/s1. The molecule has 2 rings (SSSR count). The van der Waals surface area contributed by atoms with E-state index >= 15 is 0 Å². The second-order valence-electron chi connectivity index (χ2n) is 4.08. The van der Waals surface area contributed by atoms with Gasteiger partial charge in [-0.25, -0.2) is 0 Å². The SMILES string of the molecule is CC(=O)N[C@H]1CCC[C@H]2SCC(=O)[C@@H]12. The van der Waals surface area contributed by atoms with Crippen LogP contribution in [0.1, 0.15) is 26.2 Å². The van der Waals surface area contributed by atoms with Crippen LogP contribution in [0, 0.1) is 5.92 Å². The number of hydrogen-bond donors (Lipinski definition) is 1. The number of amides is 1. The summed E-state index contributed by atoms with van der Waals surface area (Å²) in [6, 6.07) is 0.105. The van der Waals surface area contributed by atoms with Crippen molar-refractivity contribution in [2.75, 3.05) is 5.75 Å². The Hall–Kier alpha value is -0.510. The van der Waals surface area contributed by atoms with E-state index in [1.807, 2.05) is 0 Å². The van der Waals surface area contributed by atoms with Crippen LogP contribution in [-0.4, -0.2) is 28.7 Å². The molecule has 0 spiro atoms. The highest BCUT2D eigenvalue weighted by Gasteiger charge is 2.43. The third-order valence-corrected chi connectivity index (χ3v) is 4.45. The Bertz CT molecular complexity index is 267. The number of Topliss-reactive ketones (excluding diaryl/α,β-unsaturated/α-hetero) is 1. The fourth-order valence-electron chi connectivity index (χ4n) is 2.48. The summed E-state index contributed by atoms with van der Waals surface area (Å²) >= 11 is 1.76. The second-order valence-corrected chi connectivity index (χ2v) is 5.31. The molecule has 1 saturated heterocycles. The van der Waals surface area contributed by atoms with Gasteiger partial charge in [0, 0.05) is 18.2 Å². The first-order chi connectivity index (χ1) is 6.68. The highest BCUT2D eigenvalue weighted by Crippen LogP contribution is 2.39. The first-order valence-corrected chi connectivity index (χ1v) is 6.15. The van der Waals surface area contributed by atoms with E-state index in [9.17, 15) is 9.59 Å². The molecule has 0 aromatic carbocycles. The number of thioether (sulfide) groups is 1. The number of rotatable bonds is 1. The zero-order chi connectivity index (χ0) is 10.1. The number of carbonyl (C=O) groups is 2. The van der Waals surface area contributed by atoms with E-state index in [4.69, 9.17) is 0 Å². The average Bonchev–Trinajstić information content (AvgIpc) is 2.48. The fraction of sp³-hybridized carbons (Fsp3) is 0.800. The summed E-state index contributed by atoms with van der Waals surface area (Å²) in [7, 11) is 0. The third kappa shape index (κ3) is 1.80. The maximum absolute atomic E-state index is 11.6. The summed E-state index contributed by atoms with van der Waals surface area (Å²) in [4.78, 5) is 22.6. The first-order valence-electron chi connectivity index (χ1n) is 5.10. The highest BCUT2D eigenvalue weighted by molar-refractivity contribution is 8.01. The van der Waals surface area contributed by atoms with Gasteiger partial charge < -0.3 is 5.32 Å². The van der Waals surface area contributed by atoms with Gasteiger partial charge in [0.1, 0.15) is 5.78 Å². The molecule has 1 aliphatic heterocycles. The van der Waals surface area contributed by atoms with Crippen LogP contribution >= 0.6 is 11.8 Å². The van der Waals surface area contributed by atoms with Gasteiger partial charge in [0.2, 0.25) is 5.91 Å². The molecule has 1 N–H and O–H groups in total. The van der Waals surface area contributed by atoms with Crippen molar-refractivity contribution >= 4 is 23.5 Å². The van der Waals surface area contributed by atoms with Gasteiger partial charge in [-0.3, -0.25) is 9.59 Å². The molecule has 1 aliphatic carbocycles. The van der Waals surface area contributed by atoms with Crippen LogP contribution in [0.4, 0.5) is 0 Å². The lowest BCUT2D eigenvalue weighted by Gasteiger charge is -2.32. The van der Waals surface area contributed by atoms with Crippen molar-refractivity contribution in [1.29, 1.82) is 0 Å². The van der Waals surface area contributed by atoms with Crippen molar-refractivity contribution in [1.82, 2.24) is 5.32 Å².